The van der Waals surface area contributed by atoms with Crippen LogP contribution in [0.5, 0.6) is 0 Å². The molecule has 0 aliphatic carbocycles. The third-order valence-electron chi connectivity index (χ3n) is 5.05. The Balaban J connectivity index is 1.85. The van der Waals surface area contributed by atoms with Crippen molar-refractivity contribution in [3.05, 3.63) is 66.2 Å². The molecule has 3 rings (SSSR count). The first kappa shape index (κ1) is 17.3. The Bertz CT molecular complexity index is 681. The Morgan fingerprint density at radius 1 is 1.00 bits per heavy atom. The quantitative estimate of drug-likeness (QED) is 0.797. The molecule has 0 amide bonds. The topological polar surface area (TPSA) is 35.5 Å². The smallest absolute Gasteiger partial charge is 0.175 e. The molecule has 3 nitrogen and oxygen atoms in total. The maximum Gasteiger partial charge on any atom is 0.175 e. The molecule has 0 radical (unpaired) electrons. The Morgan fingerprint density at radius 2 is 1.54 bits per heavy atom. The van der Waals surface area contributed by atoms with Crippen LogP contribution < -0.4 is 0 Å². The molecule has 4 heteroatoms. The van der Waals surface area contributed by atoms with Crippen molar-refractivity contribution in [2.24, 2.45) is 0 Å². The molecule has 0 saturated carbocycles. The average molecular weight is 344 g/mol. The summed E-state index contributed by atoms with van der Waals surface area (Å²) in [7, 11) is -1.03. The van der Waals surface area contributed by atoms with Crippen LogP contribution in [0.25, 0.3) is 0 Å². The van der Waals surface area contributed by atoms with Crippen molar-refractivity contribution in [3.63, 3.8) is 0 Å². The van der Waals surface area contributed by atoms with Crippen LogP contribution in [0, 0.1) is 0 Å². The largest absolute Gasteiger partial charge is 0.347 e. The van der Waals surface area contributed by atoms with E-state index in [1.807, 2.05) is 55.5 Å². The first-order chi connectivity index (χ1) is 11.6. The molecule has 2 aromatic carbocycles. The van der Waals surface area contributed by atoms with E-state index in [1.54, 1.807) is 0 Å². The lowest BCUT2D eigenvalue weighted by atomic mass is 9.73. The first-order valence-electron chi connectivity index (χ1n) is 8.32. The van der Waals surface area contributed by atoms with E-state index in [2.05, 4.69) is 19.1 Å². The van der Waals surface area contributed by atoms with Gasteiger partial charge in [-0.3, -0.25) is 4.21 Å². The Hall–Kier alpha value is -1.49. The summed E-state index contributed by atoms with van der Waals surface area (Å²) >= 11 is 0. The fraction of sp³-hybridized carbons (Fsp3) is 0.400. The van der Waals surface area contributed by atoms with Gasteiger partial charge in [0.2, 0.25) is 0 Å². The molecule has 0 aromatic heterocycles. The number of rotatable bonds is 6. The van der Waals surface area contributed by atoms with Crippen LogP contribution in [-0.2, 0) is 25.7 Å². The van der Waals surface area contributed by atoms with Crippen LogP contribution in [0.2, 0.25) is 0 Å². The highest BCUT2D eigenvalue weighted by atomic mass is 32.2. The predicted octanol–water partition coefficient (Wildman–Crippen LogP) is 3.91. The van der Waals surface area contributed by atoms with Gasteiger partial charge in [0.25, 0.3) is 0 Å². The maximum atomic E-state index is 12.7. The summed E-state index contributed by atoms with van der Waals surface area (Å²) in [6, 6.07) is 19.9. The van der Waals surface area contributed by atoms with Crippen molar-refractivity contribution < 1.29 is 13.7 Å². The molecule has 1 aliphatic rings. The summed E-state index contributed by atoms with van der Waals surface area (Å²) in [4.78, 5) is 0.867. The summed E-state index contributed by atoms with van der Waals surface area (Å²) in [5.74, 6) is -0.132. The minimum Gasteiger partial charge on any atom is -0.347 e. The van der Waals surface area contributed by atoms with Gasteiger partial charge in [-0.15, -0.1) is 0 Å². The molecular formula is C20H24O3S. The normalized spacial score (nSPS) is 20.4. The molecule has 1 saturated heterocycles. The van der Waals surface area contributed by atoms with E-state index < -0.39 is 16.6 Å². The van der Waals surface area contributed by atoms with E-state index in [-0.39, 0.29) is 5.41 Å². The molecule has 1 fully saturated rings. The van der Waals surface area contributed by atoms with Gasteiger partial charge in [-0.1, -0.05) is 55.5 Å². The minimum atomic E-state index is -1.03. The molecule has 24 heavy (non-hydrogen) atoms. The van der Waals surface area contributed by atoms with Crippen molar-refractivity contribution in [2.45, 2.75) is 36.4 Å². The molecule has 128 valence electrons. The summed E-state index contributed by atoms with van der Waals surface area (Å²) in [5, 5.41) is 0. The van der Waals surface area contributed by atoms with E-state index in [0.717, 1.165) is 16.9 Å². The van der Waals surface area contributed by atoms with Gasteiger partial charge in [0, 0.05) is 16.1 Å². The molecule has 2 atom stereocenters. The number of benzene rings is 2. The molecule has 2 aromatic rings. The van der Waals surface area contributed by atoms with Gasteiger partial charge < -0.3 is 9.47 Å². The minimum absolute atomic E-state index is 0.366. The molecule has 0 bridgehead atoms. The van der Waals surface area contributed by atoms with Gasteiger partial charge in [-0.2, -0.15) is 0 Å². The SMILES string of the molecule is CC1(C(C)(CCS(=O)c2ccccc2)c2ccccc2)OCCO1. The standard InChI is InChI=1S/C20H24O3S/c1-19(17-9-5-3-6-10-17,20(2)22-14-15-23-20)13-16-24(21)18-11-7-4-8-12-18/h3-12H,13-16H2,1-2H3. The highest BCUT2D eigenvalue weighted by Crippen LogP contribution is 2.44. The molecular weight excluding hydrogens is 320 g/mol. The first-order valence-corrected chi connectivity index (χ1v) is 9.64. The van der Waals surface area contributed by atoms with Crippen LogP contribution >= 0.6 is 0 Å². The Kier molecular flexibility index (Phi) is 5.18. The lowest BCUT2D eigenvalue weighted by Gasteiger charge is -2.42. The van der Waals surface area contributed by atoms with E-state index >= 15 is 0 Å². The van der Waals surface area contributed by atoms with Crippen molar-refractivity contribution >= 4 is 10.8 Å². The Labute approximate surface area is 146 Å². The second-order valence-electron chi connectivity index (χ2n) is 6.45. The van der Waals surface area contributed by atoms with Gasteiger partial charge in [0.05, 0.1) is 24.0 Å². The highest BCUT2D eigenvalue weighted by Gasteiger charge is 2.50. The zero-order chi connectivity index (χ0) is 17.0. The lowest BCUT2D eigenvalue weighted by Crippen LogP contribution is -2.49. The summed E-state index contributed by atoms with van der Waals surface area (Å²) in [6.45, 7) is 5.34. The van der Waals surface area contributed by atoms with Crippen LogP contribution in [0.3, 0.4) is 0 Å². The van der Waals surface area contributed by atoms with Crippen LogP contribution in [0.1, 0.15) is 25.8 Å². The summed E-state index contributed by atoms with van der Waals surface area (Å²) < 4.78 is 24.6. The third-order valence-corrected chi connectivity index (χ3v) is 6.42. The van der Waals surface area contributed by atoms with Gasteiger partial charge in [0.15, 0.2) is 5.79 Å². The van der Waals surface area contributed by atoms with Gasteiger partial charge in [0.1, 0.15) is 0 Å². The van der Waals surface area contributed by atoms with Crippen LogP contribution in [0.4, 0.5) is 0 Å². The van der Waals surface area contributed by atoms with Gasteiger partial charge in [-0.05, 0) is 31.0 Å². The number of hydrogen-bond donors (Lipinski definition) is 0. The Morgan fingerprint density at radius 3 is 2.12 bits per heavy atom. The summed E-state index contributed by atoms with van der Waals surface area (Å²) in [5.41, 5.74) is 0.786. The highest BCUT2D eigenvalue weighted by molar-refractivity contribution is 7.85. The van der Waals surface area contributed by atoms with E-state index in [1.165, 1.54) is 0 Å². The van der Waals surface area contributed by atoms with E-state index in [9.17, 15) is 4.21 Å². The molecule has 0 spiro atoms. The van der Waals surface area contributed by atoms with Crippen molar-refractivity contribution in [1.29, 1.82) is 0 Å². The maximum absolute atomic E-state index is 12.7. The fourth-order valence-corrected chi connectivity index (χ4v) is 4.55. The second kappa shape index (κ2) is 7.18. The van der Waals surface area contributed by atoms with Crippen LogP contribution in [-0.4, -0.2) is 29.0 Å². The van der Waals surface area contributed by atoms with Crippen molar-refractivity contribution in [2.75, 3.05) is 19.0 Å². The van der Waals surface area contributed by atoms with Crippen LogP contribution in [0.15, 0.2) is 65.6 Å². The number of ether oxygens (including phenoxy) is 2. The second-order valence-corrected chi connectivity index (χ2v) is 8.02. The van der Waals surface area contributed by atoms with Crippen molar-refractivity contribution in [3.8, 4) is 0 Å². The molecule has 0 N–H and O–H groups in total. The summed E-state index contributed by atoms with van der Waals surface area (Å²) in [6.07, 6.45) is 0.717. The zero-order valence-electron chi connectivity index (χ0n) is 14.2. The lowest BCUT2D eigenvalue weighted by molar-refractivity contribution is -0.191. The predicted molar refractivity (Wildman–Crippen MR) is 96.4 cm³/mol. The zero-order valence-corrected chi connectivity index (χ0v) is 15.1. The van der Waals surface area contributed by atoms with E-state index in [0.29, 0.717) is 19.0 Å². The molecule has 2 unspecified atom stereocenters. The molecule has 1 aliphatic heterocycles. The van der Waals surface area contributed by atoms with Gasteiger partial charge in [-0.25, -0.2) is 0 Å². The average Bonchev–Trinajstić information content (AvgIpc) is 3.09. The number of hydrogen-bond acceptors (Lipinski definition) is 3. The fourth-order valence-electron chi connectivity index (χ4n) is 3.26. The monoisotopic (exact) mass is 344 g/mol. The molecule has 1 heterocycles. The van der Waals surface area contributed by atoms with E-state index in [4.69, 9.17) is 9.47 Å². The van der Waals surface area contributed by atoms with Gasteiger partial charge >= 0.3 is 0 Å². The van der Waals surface area contributed by atoms with Crippen molar-refractivity contribution in [1.82, 2.24) is 0 Å². The third kappa shape index (κ3) is 3.32.